The van der Waals surface area contributed by atoms with Gasteiger partial charge in [0, 0.05) is 22.3 Å². The molecule has 0 saturated carbocycles. The summed E-state index contributed by atoms with van der Waals surface area (Å²) in [6.45, 7) is 8.37. The number of esters is 2. The lowest BCUT2D eigenvalue weighted by atomic mass is 9.84. The molecule has 9 N–H and O–H groups in total. The van der Waals surface area contributed by atoms with Crippen molar-refractivity contribution >= 4 is 11.9 Å². The lowest BCUT2D eigenvalue weighted by molar-refractivity contribution is -0.296. The first kappa shape index (κ1) is 80.2. The number of rotatable bonds is 47. The van der Waals surface area contributed by atoms with E-state index in [2.05, 4.69) is 33.9 Å². The van der Waals surface area contributed by atoms with Crippen LogP contribution in [0.1, 0.15) is 221 Å². The number of carbonyl (C=O) groups is 2. The van der Waals surface area contributed by atoms with Gasteiger partial charge >= 0.3 is 11.9 Å². The van der Waals surface area contributed by atoms with Crippen LogP contribution in [0.3, 0.4) is 0 Å². The largest absolute Gasteiger partial charge is 0.455 e. The minimum atomic E-state index is -1.47. The van der Waals surface area contributed by atoms with Crippen molar-refractivity contribution in [3.05, 3.63) is 129 Å². The average Bonchev–Trinajstić information content (AvgIpc) is 1.08. The van der Waals surface area contributed by atoms with E-state index >= 15 is 0 Å². The van der Waals surface area contributed by atoms with Crippen molar-refractivity contribution in [3.8, 4) is 0 Å². The minimum absolute atomic E-state index is 0.0144. The molecule has 16 atom stereocenters. The summed E-state index contributed by atoms with van der Waals surface area (Å²) in [4.78, 5) is 33.5. The Hall–Kier alpha value is -5.26. The molecule has 3 aromatic rings. The molecule has 2 aliphatic rings. The van der Waals surface area contributed by atoms with Gasteiger partial charge in [-0.05, 0) is 66.1 Å². The third-order valence-corrected chi connectivity index (χ3v) is 17.8. The monoisotopic (exact) mass is 1300 g/mol. The highest BCUT2D eigenvalue weighted by molar-refractivity contribution is 5.90. The number of nitrogens with two attached hydrogens (primary N) is 2. The Bertz CT molecular complexity index is 2500. The van der Waals surface area contributed by atoms with Crippen LogP contribution in [0, 0.1) is 11.8 Å². The number of unbranched alkanes of at least 4 members (excludes halogenated alkanes) is 22. The summed E-state index contributed by atoms with van der Waals surface area (Å²) in [5, 5.41) is 58.1. The van der Waals surface area contributed by atoms with E-state index in [4.69, 9.17) is 44.6 Å². The standard InChI is InChI=1S/C47H64N6O7.C24H50N2O7/c1-4-5-6-7-8-9-10-11-12-13-14-24-31-41(58-45(54)38-27-20-16-21-28-38)44(60-46(55)39-29-22-17-23-30-39)40(51-53-49)34-57-47-36(3)35(2)43(42(59-47)32-50-52-48)56-33-37-25-18-15-19-26-37;1-2-3-4-5-6-7-8-9-10-11-12-13-14-18(27)20(28)17(26)16-32-24-23(31)22(30)21(29)19(15-25)33-24/h15-23,25-30,35-36,40-44,47H,4-14,24,31-34H2,1-3H3;17-24,27-31H,2-16,25-26H2,1H3/t35-,36?,40+,41-,42?,43-,44+,47+;17-,18+,19?,20-,21-,22-,23?,24-/m10/s1. The van der Waals surface area contributed by atoms with Gasteiger partial charge in [-0.15, -0.1) is 0 Å². The quantitative estimate of drug-likeness (QED) is 0.00908. The smallest absolute Gasteiger partial charge is 0.338 e. The number of nitrogens with zero attached hydrogens (tertiary/aromatic N) is 6. The zero-order valence-corrected chi connectivity index (χ0v) is 56.1. The lowest BCUT2D eigenvalue weighted by Gasteiger charge is -2.44. The number of aliphatic hydroxyl groups is 5. The van der Waals surface area contributed by atoms with E-state index < -0.39 is 97.6 Å². The fourth-order valence-electron chi connectivity index (χ4n) is 11.8. The van der Waals surface area contributed by atoms with Crippen LogP contribution >= 0.6 is 0 Å². The van der Waals surface area contributed by atoms with E-state index in [1.807, 2.05) is 50.2 Å². The number of hydrogen-bond donors (Lipinski definition) is 7. The molecular weight excluding hydrogens is 1190 g/mol. The predicted molar refractivity (Wildman–Crippen MR) is 359 cm³/mol. The van der Waals surface area contributed by atoms with Crippen LogP contribution in [0.5, 0.6) is 0 Å². The number of benzene rings is 3. The van der Waals surface area contributed by atoms with Gasteiger partial charge in [-0.1, -0.05) is 252 Å². The molecule has 522 valence electrons. The second kappa shape index (κ2) is 48.4. The van der Waals surface area contributed by atoms with Gasteiger partial charge < -0.3 is 70.2 Å². The number of aliphatic hydroxyl groups excluding tert-OH is 5. The van der Waals surface area contributed by atoms with Crippen molar-refractivity contribution in [3.63, 3.8) is 0 Å². The number of hydrogen-bond acceptors (Lipinski definition) is 18. The molecular formula is C71H114N8O14. The number of carbonyl (C=O) groups excluding carboxylic acids is 2. The summed E-state index contributed by atoms with van der Waals surface area (Å²) < 4.78 is 42.3. The first-order chi connectivity index (χ1) is 45.2. The first-order valence-corrected chi connectivity index (χ1v) is 34.8. The fraction of sp³-hybridized carbons (Fsp3) is 0.718. The second-order valence-corrected chi connectivity index (χ2v) is 25.2. The van der Waals surface area contributed by atoms with E-state index in [9.17, 15) is 46.2 Å². The van der Waals surface area contributed by atoms with E-state index in [-0.39, 0.29) is 38.1 Å². The van der Waals surface area contributed by atoms with Gasteiger partial charge in [0.1, 0.15) is 42.7 Å². The molecule has 2 saturated heterocycles. The van der Waals surface area contributed by atoms with E-state index in [0.717, 1.165) is 44.1 Å². The van der Waals surface area contributed by atoms with Gasteiger partial charge in [0.05, 0.1) is 68.0 Å². The highest BCUT2D eigenvalue weighted by Crippen LogP contribution is 2.35. The van der Waals surface area contributed by atoms with Crippen LogP contribution in [-0.2, 0) is 39.8 Å². The van der Waals surface area contributed by atoms with E-state index in [0.29, 0.717) is 37.0 Å². The van der Waals surface area contributed by atoms with Crippen molar-refractivity contribution in [1.82, 2.24) is 0 Å². The van der Waals surface area contributed by atoms with Gasteiger partial charge in [0.2, 0.25) is 0 Å². The molecule has 0 aliphatic carbocycles. The lowest BCUT2D eigenvalue weighted by Crippen LogP contribution is -2.60. The SMILES string of the molecule is CCCCCCCCCCCCCC[C@@H](O)[C@@H](O)[C@@H](N)CO[C@H]1OC(CN)[C@H](O)[C@H](O)C1O.CCCCCCCCCCCCCC[C@@H](OC(=O)c1ccccc1)[C@@H](OC(=O)c1ccccc1)[C@H](CO[C@H]1OC(CN=[N+]=[N-])[C@H](OCc2ccccc2)[C@H](C)C1C)N=[N+]=[N-]. The molecule has 0 amide bonds. The van der Waals surface area contributed by atoms with Crippen molar-refractivity contribution in [1.29, 1.82) is 0 Å². The molecule has 0 aromatic heterocycles. The maximum absolute atomic E-state index is 13.7. The Balaban J connectivity index is 0.000000472. The zero-order chi connectivity index (χ0) is 67.4. The first-order valence-electron chi connectivity index (χ1n) is 34.8. The molecule has 2 aliphatic heterocycles. The molecule has 0 spiro atoms. The van der Waals surface area contributed by atoms with E-state index in [1.165, 1.54) is 109 Å². The Labute approximate surface area is 553 Å². The normalized spacial score (nSPS) is 23.1. The Morgan fingerprint density at radius 1 is 0.559 bits per heavy atom. The molecule has 22 heteroatoms. The topological polar surface area (TPSA) is 349 Å². The highest BCUT2D eigenvalue weighted by atomic mass is 16.7. The Kier molecular flexibility index (Phi) is 41.8. The molecule has 0 radical (unpaired) electrons. The van der Waals surface area contributed by atoms with Crippen molar-refractivity contribution in [2.75, 3.05) is 26.3 Å². The Morgan fingerprint density at radius 3 is 1.52 bits per heavy atom. The summed E-state index contributed by atoms with van der Waals surface area (Å²) in [5.41, 5.74) is 32.1. The maximum Gasteiger partial charge on any atom is 0.338 e. The summed E-state index contributed by atoms with van der Waals surface area (Å²) in [6.07, 6.45) is 16.9. The summed E-state index contributed by atoms with van der Waals surface area (Å²) in [6, 6.07) is 24.9. The van der Waals surface area contributed by atoms with Crippen molar-refractivity contribution in [2.45, 2.75) is 287 Å². The van der Waals surface area contributed by atoms with Crippen LogP contribution in [0.25, 0.3) is 20.9 Å². The number of azide groups is 2. The molecule has 4 unspecified atom stereocenters. The van der Waals surface area contributed by atoms with Gasteiger partial charge in [0.25, 0.3) is 0 Å². The molecule has 22 nitrogen and oxygen atoms in total. The van der Waals surface area contributed by atoms with Gasteiger partial charge in [0.15, 0.2) is 12.6 Å². The molecule has 93 heavy (non-hydrogen) atoms. The van der Waals surface area contributed by atoms with Gasteiger partial charge in [-0.2, -0.15) is 0 Å². The molecule has 2 fully saturated rings. The van der Waals surface area contributed by atoms with Gasteiger partial charge in [-0.3, -0.25) is 0 Å². The third-order valence-electron chi connectivity index (χ3n) is 17.8. The maximum atomic E-state index is 13.7. The van der Waals surface area contributed by atoms with Crippen LogP contribution in [0.2, 0.25) is 0 Å². The molecule has 2 heterocycles. The average molecular weight is 1300 g/mol. The number of ether oxygens (including phenoxy) is 7. The predicted octanol–water partition coefficient (Wildman–Crippen LogP) is 13.0. The van der Waals surface area contributed by atoms with Crippen LogP contribution in [0.15, 0.2) is 101 Å². The second-order valence-electron chi connectivity index (χ2n) is 25.2. The summed E-state index contributed by atoms with van der Waals surface area (Å²) in [5.74, 6) is -1.54. The van der Waals surface area contributed by atoms with Crippen LogP contribution < -0.4 is 11.5 Å². The summed E-state index contributed by atoms with van der Waals surface area (Å²) in [7, 11) is 0. The van der Waals surface area contributed by atoms with Crippen LogP contribution in [-0.4, -0.2) is 149 Å². The summed E-state index contributed by atoms with van der Waals surface area (Å²) >= 11 is 0. The van der Waals surface area contributed by atoms with Crippen LogP contribution in [0.4, 0.5) is 0 Å². The van der Waals surface area contributed by atoms with Crippen molar-refractivity contribution < 1.29 is 68.3 Å². The van der Waals surface area contributed by atoms with E-state index in [1.54, 1.807) is 54.6 Å². The minimum Gasteiger partial charge on any atom is -0.455 e. The fourth-order valence-corrected chi connectivity index (χ4v) is 11.8. The molecule has 0 bridgehead atoms. The zero-order valence-electron chi connectivity index (χ0n) is 56.1. The third kappa shape index (κ3) is 30.6. The van der Waals surface area contributed by atoms with Crippen molar-refractivity contribution in [2.24, 2.45) is 33.5 Å². The Morgan fingerprint density at radius 2 is 1.02 bits per heavy atom. The molecule has 3 aromatic carbocycles. The molecule has 5 rings (SSSR count). The van der Waals surface area contributed by atoms with Gasteiger partial charge in [-0.25, -0.2) is 9.59 Å². The highest BCUT2D eigenvalue weighted by Gasteiger charge is 2.46.